The van der Waals surface area contributed by atoms with Crippen LogP contribution in [0.2, 0.25) is 0 Å². The summed E-state index contributed by atoms with van der Waals surface area (Å²) in [6, 6.07) is 2.46. The van der Waals surface area contributed by atoms with Crippen molar-refractivity contribution in [2.75, 3.05) is 6.54 Å². The molecule has 3 rings (SSSR count). The minimum atomic E-state index is 0.226. The van der Waals surface area contributed by atoms with Crippen LogP contribution in [-0.4, -0.2) is 28.0 Å². The van der Waals surface area contributed by atoms with Crippen molar-refractivity contribution in [1.29, 1.82) is 0 Å². The van der Waals surface area contributed by atoms with Crippen molar-refractivity contribution in [3.05, 3.63) is 22.4 Å². The molecule has 0 spiro atoms. The maximum Gasteiger partial charge on any atom is 0.270 e. The molecule has 19 heavy (non-hydrogen) atoms. The average Bonchev–Trinajstić information content (AvgIpc) is 3.03. The van der Waals surface area contributed by atoms with Gasteiger partial charge < -0.3 is 9.47 Å². The number of rotatable bonds is 2. The Bertz CT molecular complexity index is 482. The minimum absolute atomic E-state index is 0.226. The number of fused-ring (bicyclic) bond motifs is 1. The first kappa shape index (κ1) is 13.2. The minimum Gasteiger partial charge on any atom is -0.343 e. The van der Waals surface area contributed by atoms with Crippen molar-refractivity contribution in [2.24, 2.45) is 5.92 Å². The number of piperidine rings is 1. The molecule has 1 aliphatic heterocycles. The van der Waals surface area contributed by atoms with Gasteiger partial charge in [0.1, 0.15) is 5.69 Å². The Morgan fingerprint density at radius 2 is 2.16 bits per heavy atom. The molecule has 2 fully saturated rings. The molecular weight excluding hydrogens is 304 g/mol. The van der Waals surface area contributed by atoms with E-state index in [9.17, 15) is 4.79 Å². The van der Waals surface area contributed by atoms with Gasteiger partial charge in [-0.2, -0.15) is 0 Å². The zero-order chi connectivity index (χ0) is 13.4. The molecule has 104 valence electrons. The second-order valence-corrected chi connectivity index (χ2v) is 6.64. The highest BCUT2D eigenvalue weighted by Gasteiger charge is 2.38. The number of hydrogen-bond donors (Lipinski definition) is 0. The number of likely N-dealkylation sites (tertiary alicyclic amines) is 1. The van der Waals surface area contributed by atoms with Crippen LogP contribution in [0.1, 0.15) is 49.5 Å². The molecule has 2 heterocycles. The van der Waals surface area contributed by atoms with E-state index in [0.717, 1.165) is 29.2 Å². The summed E-state index contributed by atoms with van der Waals surface area (Å²) in [6.07, 6.45) is 8.28. The highest BCUT2D eigenvalue weighted by molar-refractivity contribution is 9.10. The van der Waals surface area contributed by atoms with Crippen LogP contribution in [0.25, 0.3) is 0 Å². The van der Waals surface area contributed by atoms with Crippen LogP contribution in [-0.2, 0) is 6.54 Å². The fourth-order valence-corrected chi connectivity index (χ4v) is 4.23. The smallest absolute Gasteiger partial charge is 0.270 e. The van der Waals surface area contributed by atoms with Crippen molar-refractivity contribution < 1.29 is 4.79 Å². The number of aromatic nitrogens is 1. The largest absolute Gasteiger partial charge is 0.343 e. The van der Waals surface area contributed by atoms with Crippen LogP contribution in [0.4, 0.5) is 0 Å². The number of nitrogens with zero attached hydrogens (tertiary/aromatic N) is 2. The third-order valence-electron chi connectivity index (χ3n) is 4.68. The summed E-state index contributed by atoms with van der Waals surface area (Å²) < 4.78 is 3.04. The standard InChI is InChI=1S/C15H21BrN2O/c1-2-17-10-12(16)9-14(17)15(19)18-8-4-6-11-5-3-7-13(11)18/h9-11,13H,2-8H2,1H3. The summed E-state index contributed by atoms with van der Waals surface area (Å²) in [5, 5.41) is 0. The Labute approximate surface area is 123 Å². The first-order chi connectivity index (χ1) is 9.20. The monoisotopic (exact) mass is 324 g/mol. The molecule has 0 aromatic carbocycles. The lowest BCUT2D eigenvalue weighted by Gasteiger charge is -2.37. The predicted molar refractivity (Wildman–Crippen MR) is 79.2 cm³/mol. The molecule has 0 bridgehead atoms. The van der Waals surface area contributed by atoms with Gasteiger partial charge in [0.05, 0.1) is 0 Å². The van der Waals surface area contributed by atoms with Gasteiger partial charge in [0.25, 0.3) is 5.91 Å². The van der Waals surface area contributed by atoms with E-state index in [0.29, 0.717) is 6.04 Å². The van der Waals surface area contributed by atoms with E-state index in [4.69, 9.17) is 0 Å². The summed E-state index contributed by atoms with van der Waals surface area (Å²) in [6.45, 7) is 3.86. The van der Waals surface area contributed by atoms with Gasteiger partial charge in [-0.25, -0.2) is 0 Å². The van der Waals surface area contributed by atoms with Gasteiger partial charge in [0.2, 0.25) is 0 Å². The fourth-order valence-electron chi connectivity index (χ4n) is 3.77. The van der Waals surface area contributed by atoms with Gasteiger partial charge in [-0.15, -0.1) is 0 Å². The maximum absolute atomic E-state index is 12.8. The molecule has 2 unspecified atom stereocenters. The summed E-state index contributed by atoms with van der Waals surface area (Å²) in [5.41, 5.74) is 0.835. The molecule has 2 atom stereocenters. The lowest BCUT2D eigenvalue weighted by Crippen LogP contribution is -2.46. The van der Waals surface area contributed by atoms with Crippen molar-refractivity contribution in [2.45, 2.75) is 51.6 Å². The molecule has 1 aromatic rings. The van der Waals surface area contributed by atoms with Crippen LogP contribution >= 0.6 is 15.9 Å². The van der Waals surface area contributed by atoms with Crippen LogP contribution < -0.4 is 0 Å². The maximum atomic E-state index is 12.8. The van der Waals surface area contributed by atoms with Crippen LogP contribution in [0.5, 0.6) is 0 Å². The highest BCUT2D eigenvalue weighted by Crippen LogP contribution is 2.37. The van der Waals surface area contributed by atoms with Gasteiger partial charge in [0, 0.05) is 29.8 Å². The second kappa shape index (κ2) is 5.31. The second-order valence-electron chi connectivity index (χ2n) is 5.73. The summed E-state index contributed by atoms with van der Waals surface area (Å²) in [7, 11) is 0. The Morgan fingerprint density at radius 1 is 1.37 bits per heavy atom. The SMILES string of the molecule is CCn1cc(Br)cc1C(=O)N1CCCC2CCCC21. The van der Waals surface area contributed by atoms with Crippen LogP contribution in [0.3, 0.4) is 0 Å². The first-order valence-corrected chi connectivity index (χ1v) is 8.16. The molecule has 3 nitrogen and oxygen atoms in total. The normalized spacial score (nSPS) is 26.5. The third kappa shape index (κ3) is 2.35. The first-order valence-electron chi connectivity index (χ1n) is 7.37. The average molecular weight is 325 g/mol. The van der Waals surface area contributed by atoms with Gasteiger partial charge >= 0.3 is 0 Å². The summed E-state index contributed by atoms with van der Waals surface area (Å²) in [4.78, 5) is 15.0. The summed E-state index contributed by atoms with van der Waals surface area (Å²) >= 11 is 3.48. The summed E-state index contributed by atoms with van der Waals surface area (Å²) in [5.74, 6) is 0.982. The Hall–Kier alpha value is -0.770. The number of carbonyl (C=O) groups is 1. The Kier molecular flexibility index (Phi) is 3.70. The van der Waals surface area contributed by atoms with Crippen LogP contribution in [0, 0.1) is 5.92 Å². The molecule has 1 amide bonds. The van der Waals surface area contributed by atoms with Crippen LogP contribution in [0.15, 0.2) is 16.7 Å². The lowest BCUT2D eigenvalue weighted by molar-refractivity contribution is 0.0537. The molecule has 1 saturated carbocycles. The lowest BCUT2D eigenvalue weighted by atomic mass is 9.92. The zero-order valence-electron chi connectivity index (χ0n) is 11.4. The van der Waals surface area contributed by atoms with Crippen molar-refractivity contribution in [3.8, 4) is 0 Å². The van der Waals surface area contributed by atoms with Gasteiger partial charge in [-0.3, -0.25) is 4.79 Å². The molecule has 4 heteroatoms. The zero-order valence-corrected chi connectivity index (χ0v) is 13.0. The van der Waals surface area contributed by atoms with Gasteiger partial charge in [0.15, 0.2) is 0 Å². The molecular formula is C15H21BrN2O. The van der Waals surface area contributed by atoms with E-state index in [1.54, 1.807) is 0 Å². The van der Waals surface area contributed by atoms with Crippen molar-refractivity contribution in [3.63, 3.8) is 0 Å². The molecule has 1 saturated heterocycles. The van der Waals surface area contributed by atoms with Gasteiger partial charge in [-0.05, 0) is 60.5 Å². The van der Waals surface area contributed by atoms with E-state index in [1.165, 1.54) is 32.1 Å². The van der Waals surface area contributed by atoms with Crippen molar-refractivity contribution in [1.82, 2.24) is 9.47 Å². The highest BCUT2D eigenvalue weighted by atomic mass is 79.9. The predicted octanol–water partition coefficient (Wildman–Crippen LogP) is 3.68. The van der Waals surface area contributed by atoms with E-state index >= 15 is 0 Å². The van der Waals surface area contributed by atoms with Crippen molar-refractivity contribution >= 4 is 21.8 Å². The third-order valence-corrected chi connectivity index (χ3v) is 5.11. The molecule has 0 radical (unpaired) electrons. The Morgan fingerprint density at radius 3 is 2.95 bits per heavy atom. The fraction of sp³-hybridized carbons (Fsp3) is 0.667. The number of halogens is 1. The molecule has 2 aliphatic rings. The molecule has 1 aromatic heterocycles. The van der Waals surface area contributed by atoms with E-state index < -0.39 is 0 Å². The molecule has 0 N–H and O–H groups in total. The number of carbonyl (C=O) groups excluding carboxylic acids is 1. The quantitative estimate of drug-likeness (QED) is 0.814. The van der Waals surface area contributed by atoms with E-state index in [1.807, 2.05) is 16.8 Å². The number of hydrogen-bond acceptors (Lipinski definition) is 1. The van der Waals surface area contributed by atoms with Gasteiger partial charge in [-0.1, -0.05) is 6.42 Å². The number of amides is 1. The Balaban J connectivity index is 1.86. The van der Waals surface area contributed by atoms with E-state index in [2.05, 4.69) is 27.8 Å². The van der Waals surface area contributed by atoms with E-state index in [-0.39, 0.29) is 5.91 Å². The molecule has 1 aliphatic carbocycles. The number of aryl methyl sites for hydroxylation is 1. The topological polar surface area (TPSA) is 25.2 Å².